The molecular weight excluding hydrogens is 160 g/mol. The lowest BCUT2D eigenvalue weighted by molar-refractivity contribution is -0.237. The zero-order valence-corrected chi connectivity index (χ0v) is 7.90. The number of rotatable bonds is 4. The molecule has 0 aliphatic carbocycles. The van der Waals surface area contributed by atoms with Gasteiger partial charge in [-0.05, 0) is 0 Å². The number of amidine groups is 1. The third kappa shape index (κ3) is 3.54. The van der Waals surface area contributed by atoms with Crippen molar-refractivity contribution in [1.82, 2.24) is 4.90 Å². The second-order valence-electron chi connectivity index (χ2n) is 2.29. The first-order valence-electron chi connectivity index (χ1n) is 3.56. The molecule has 0 aromatic heterocycles. The minimum atomic E-state index is -0.388. The van der Waals surface area contributed by atoms with Gasteiger partial charge in [0.1, 0.15) is 0 Å². The van der Waals surface area contributed by atoms with Crippen LogP contribution in [0.25, 0.3) is 0 Å². The molecular formula is C7H15N2O3-. The summed E-state index contributed by atoms with van der Waals surface area (Å²) in [6, 6.07) is -0.283. The summed E-state index contributed by atoms with van der Waals surface area (Å²) in [5, 5.41) is 10.9. The molecule has 0 amide bonds. The van der Waals surface area contributed by atoms with Crippen LogP contribution in [0.3, 0.4) is 0 Å². The molecule has 0 aromatic rings. The Morgan fingerprint density at radius 3 is 2.33 bits per heavy atom. The van der Waals surface area contributed by atoms with Gasteiger partial charge in [0.25, 0.3) is 0 Å². The van der Waals surface area contributed by atoms with Crippen molar-refractivity contribution in [3.8, 4) is 0 Å². The molecule has 0 heterocycles. The summed E-state index contributed by atoms with van der Waals surface area (Å²) < 4.78 is 9.81. The molecule has 72 valence electrons. The predicted octanol–water partition coefficient (Wildman–Crippen LogP) is -1.12. The van der Waals surface area contributed by atoms with Gasteiger partial charge in [0.05, 0.1) is 6.54 Å². The fraction of sp³-hybridized carbons (Fsp3) is 0.857. The van der Waals surface area contributed by atoms with Crippen molar-refractivity contribution in [1.29, 1.82) is 0 Å². The first kappa shape index (κ1) is 11.2. The minimum absolute atomic E-state index is 0.283. The van der Waals surface area contributed by atoms with E-state index in [1.54, 1.807) is 7.05 Å². The summed E-state index contributed by atoms with van der Waals surface area (Å²) in [5.74, 6) is 0. The molecule has 0 atom stereocenters. The summed E-state index contributed by atoms with van der Waals surface area (Å²) in [5.41, 5.74) is 0. The van der Waals surface area contributed by atoms with E-state index in [2.05, 4.69) is 4.99 Å². The first-order valence-corrected chi connectivity index (χ1v) is 3.56. The van der Waals surface area contributed by atoms with Crippen LogP contribution in [0.2, 0.25) is 0 Å². The smallest absolute Gasteiger partial charge is 0.174 e. The van der Waals surface area contributed by atoms with Crippen LogP contribution < -0.4 is 5.11 Å². The summed E-state index contributed by atoms with van der Waals surface area (Å²) in [6.07, 6.45) is -0.388. The summed E-state index contributed by atoms with van der Waals surface area (Å²) in [6.45, 7) is 0.378. The third-order valence-corrected chi connectivity index (χ3v) is 1.47. The first-order chi connectivity index (χ1) is 5.65. The fourth-order valence-corrected chi connectivity index (χ4v) is 0.718. The lowest BCUT2D eigenvalue weighted by Gasteiger charge is -2.27. The minimum Gasteiger partial charge on any atom is -0.846 e. The molecule has 12 heavy (non-hydrogen) atoms. The Balaban J connectivity index is 3.89. The van der Waals surface area contributed by atoms with Gasteiger partial charge in [0.2, 0.25) is 0 Å². The Kier molecular flexibility index (Phi) is 5.40. The summed E-state index contributed by atoms with van der Waals surface area (Å²) in [4.78, 5) is 4.91. The molecule has 0 radical (unpaired) electrons. The Morgan fingerprint density at radius 2 is 2.00 bits per heavy atom. The van der Waals surface area contributed by atoms with Gasteiger partial charge in [-0.15, -0.1) is 0 Å². The SMILES string of the molecule is CN=C([O-])N(C)CC(OC)OC. The van der Waals surface area contributed by atoms with Crippen LogP contribution in [-0.4, -0.2) is 52.1 Å². The van der Waals surface area contributed by atoms with E-state index in [9.17, 15) is 5.11 Å². The van der Waals surface area contributed by atoms with Crippen molar-refractivity contribution in [2.24, 2.45) is 4.99 Å². The van der Waals surface area contributed by atoms with Gasteiger partial charge in [-0.25, -0.2) is 0 Å². The van der Waals surface area contributed by atoms with E-state index < -0.39 is 0 Å². The summed E-state index contributed by atoms with van der Waals surface area (Å²) >= 11 is 0. The van der Waals surface area contributed by atoms with Gasteiger partial charge >= 0.3 is 0 Å². The average molecular weight is 175 g/mol. The van der Waals surface area contributed by atoms with Crippen molar-refractivity contribution < 1.29 is 14.6 Å². The van der Waals surface area contributed by atoms with Crippen molar-refractivity contribution in [2.75, 3.05) is 34.9 Å². The maximum Gasteiger partial charge on any atom is 0.174 e. The molecule has 0 aliphatic heterocycles. The normalized spacial score (nSPS) is 12.2. The van der Waals surface area contributed by atoms with Crippen LogP contribution in [0, 0.1) is 0 Å². The highest BCUT2D eigenvalue weighted by Gasteiger charge is 2.07. The third-order valence-electron chi connectivity index (χ3n) is 1.47. The lowest BCUT2D eigenvalue weighted by atomic mass is 10.5. The van der Waals surface area contributed by atoms with Gasteiger partial charge in [-0.3, -0.25) is 4.99 Å². The zero-order valence-electron chi connectivity index (χ0n) is 7.90. The van der Waals surface area contributed by atoms with Crippen LogP contribution in [0.4, 0.5) is 0 Å². The standard InChI is InChI=1S/C7H16N2O3/c1-8-7(10)9(2)5-6(11-3)12-4/h6H,5H2,1-4H3,(H,8,10)/p-1. The summed E-state index contributed by atoms with van der Waals surface area (Å²) in [7, 11) is 6.14. The van der Waals surface area contributed by atoms with Crippen LogP contribution >= 0.6 is 0 Å². The van der Waals surface area contributed by atoms with E-state index >= 15 is 0 Å². The quantitative estimate of drug-likeness (QED) is 0.308. The van der Waals surface area contributed by atoms with E-state index in [0.29, 0.717) is 6.54 Å². The number of hydrogen-bond acceptors (Lipinski definition) is 4. The topological polar surface area (TPSA) is 57.1 Å². The zero-order chi connectivity index (χ0) is 9.56. The number of aliphatic imine (C=N–C) groups is 1. The molecule has 0 spiro atoms. The molecule has 0 rings (SSSR count). The van der Waals surface area contributed by atoms with Crippen molar-refractivity contribution in [3.05, 3.63) is 0 Å². The maximum atomic E-state index is 10.9. The van der Waals surface area contributed by atoms with E-state index in [0.717, 1.165) is 0 Å². The number of likely N-dealkylation sites (N-methyl/N-ethyl adjacent to an activating group) is 1. The second kappa shape index (κ2) is 5.79. The monoisotopic (exact) mass is 175 g/mol. The van der Waals surface area contributed by atoms with E-state index in [1.807, 2.05) is 0 Å². The van der Waals surface area contributed by atoms with Crippen LogP contribution in [0.5, 0.6) is 0 Å². The second-order valence-corrected chi connectivity index (χ2v) is 2.29. The number of nitrogens with zero attached hydrogens (tertiary/aromatic N) is 2. The van der Waals surface area contributed by atoms with Gasteiger partial charge in [-0.1, -0.05) is 0 Å². The van der Waals surface area contributed by atoms with E-state index in [-0.39, 0.29) is 12.3 Å². The van der Waals surface area contributed by atoms with Gasteiger partial charge in [-0.2, -0.15) is 0 Å². The molecule has 0 bridgehead atoms. The van der Waals surface area contributed by atoms with Crippen molar-refractivity contribution in [3.63, 3.8) is 0 Å². The number of ether oxygens (including phenoxy) is 2. The largest absolute Gasteiger partial charge is 0.846 e. The van der Waals surface area contributed by atoms with Crippen LogP contribution in [-0.2, 0) is 9.47 Å². The Morgan fingerprint density at radius 1 is 1.50 bits per heavy atom. The van der Waals surface area contributed by atoms with Gasteiger partial charge in [0.15, 0.2) is 6.29 Å². The van der Waals surface area contributed by atoms with E-state index in [1.165, 1.54) is 26.2 Å². The highest BCUT2D eigenvalue weighted by atomic mass is 16.7. The molecule has 5 nitrogen and oxygen atoms in total. The van der Waals surface area contributed by atoms with E-state index in [4.69, 9.17) is 9.47 Å². The van der Waals surface area contributed by atoms with Gasteiger partial charge in [0, 0.05) is 34.3 Å². The van der Waals surface area contributed by atoms with Gasteiger partial charge < -0.3 is 19.5 Å². The molecule has 0 aliphatic rings. The molecule has 5 heteroatoms. The fourth-order valence-electron chi connectivity index (χ4n) is 0.718. The maximum absolute atomic E-state index is 10.9. The number of methoxy groups -OCH3 is 2. The Labute approximate surface area is 72.6 Å². The molecule has 0 unspecified atom stereocenters. The predicted molar refractivity (Wildman–Crippen MR) is 43.8 cm³/mol. The number of hydrogen-bond donors (Lipinski definition) is 0. The molecule has 0 saturated heterocycles. The highest BCUT2D eigenvalue weighted by Crippen LogP contribution is 1.93. The Bertz CT molecular complexity index is 146. The molecule has 0 N–H and O–H groups in total. The lowest BCUT2D eigenvalue weighted by Crippen LogP contribution is -2.42. The molecule has 0 saturated carbocycles. The van der Waals surface area contributed by atoms with Crippen molar-refractivity contribution >= 4 is 6.02 Å². The molecule has 0 aromatic carbocycles. The average Bonchev–Trinajstić information content (AvgIpc) is 2.12. The van der Waals surface area contributed by atoms with Crippen LogP contribution in [0.1, 0.15) is 0 Å². The Hall–Kier alpha value is -0.810. The van der Waals surface area contributed by atoms with Crippen LogP contribution in [0.15, 0.2) is 4.99 Å². The van der Waals surface area contributed by atoms with Crippen molar-refractivity contribution in [2.45, 2.75) is 6.29 Å². The molecule has 0 fully saturated rings. The highest BCUT2D eigenvalue weighted by molar-refractivity contribution is 5.68.